The fraction of sp³-hybridized carbons (Fsp3) is 0.500. The SMILES string of the molecule is Cn1cnc(S(=O)(=O)NCCNc2cc(N3CCOCC3)ncn2)c1. The maximum Gasteiger partial charge on any atom is 0.259 e. The first-order valence-electron chi connectivity index (χ1n) is 7.91. The van der Waals surface area contributed by atoms with Gasteiger partial charge in [0.1, 0.15) is 18.0 Å². The molecule has 0 aromatic carbocycles. The lowest BCUT2D eigenvalue weighted by atomic mass is 10.4. The van der Waals surface area contributed by atoms with E-state index >= 15 is 0 Å². The summed E-state index contributed by atoms with van der Waals surface area (Å²) in [6, 6.07) is 1.85. The maximum atomic E-state index is 12.1. The number of nitrogens with zero attached hydrogens (tertiary/aromatic N) is 5. The topological polar surface area (TPSA) is 114 Å². The molecule has 136 valence electrons. The van der Waals surface area contributed by atoms with Crippen LogP contribution in [0.25, 0.3) is 0 Å². The molecule has 2 aromatic rings. The Bertz CT molecular complexity index is 802. The Morgan fingerprint density at radius 1 is 1.20 bits per heavy atom. The number of nitrogens with one attached hydrogen (secondary N) is 2. The molecular weight excluding hydrogens is 346 g/mol. The number of rotatable bonds is 7. The predicted octanol–water partition coefficient (Wildman–Crippen LogP) is -0.563. The molecule has 1 aliphatic rings. The summed E-state index contributed by atoms with van der Waals surface area (Å²) < 4.78 is 33.5. The van der Waals surface area contributed by atoms with E-state index in [1.165, 1.54) is 18.9 Å². The highest BCUT2D eigenvalue weighted by atomic mass is 32.2. The van der Waals surface area contributed by atoms with Gasteiger partial charge in [-0.05, 0) is 0 Å². The summed E-state index contributed by atoms with van der Waals surface area (Å²) in [7, 11) is -1.88. The number of aromatic nitrogens is 4. The van der Waals surface area contributed by atoms with Crippen molar-refractivity contribution in [2.45, 2.75) is 5.03 Å². The molecule has 11 heteroatoms. The molecule has 3 rings (SSSR count). The first kappa shape index (κ1) is 17.6. The van der Waals surface area contributed by atoms with Crippen LogP contribution < -0.4 is 14.9 Å². The minimum atomic E-state index is -3.60. The van der Waals surface area contributed by atoms with Gasteiger partial charge >= 0.3 is 0 Å². The zero-order chi connectivity index (χ0) is 17.7. The van der Waals surface area contributed by atoms with Crippen molar-refractivity contribution in [3.63, 3.8) is 0 Å². The Morgan fingerprint density at radius 3 is 2.72 bits per heavy atom. The minimum absolute atomic E-state index is 0.00615. The van der Waals surface area contributed by atoms with Crippen LogP contribution in [0.1, 0.15) is 0 Å². The van der Waals surface area contributed by atoms with E-state index in [2.05, 4.69) is 29.9 Å². The lowest BCUT2D eigenvalue weighted by Crippen LogP contribution is -2.36. The third-order valence-corrected chi connectivity index (χ3v) is 5.01. The number of sulfonamides is 1. The monoisotopic (exact) mass is 367 g/mol. The lowest BCUT2D eigenvalue weighted by Gasteiger charge is -2.27. The molecule has 2 N–H and O–H groups in total. The predicted molar refractivity (Wildman–Crippen MR) is 92.0 cm³/mol. The van der Waals surface area contributed by atoms with Gasteiger partial charge in [-0.15, -0.1) is 0 Å². The van der Waals surface area contributed by atoms with E-state index in [9.17, 15) is 8.42 Å². The van der Waals surface area contributed by atoms with Crippen LogP contribution in [0.2, 0.25) is 0 Å². The number of morpholine rings is 1. The van der Waals surface area contributed by atoms with E-state index in [0.29, 0.717) is 25.6 Å². The normalized spacial score (nSPS) is 15.3. The van der Waals surface area contributed by atoms with Crippen molar-refractivity contribution in [2.75, 3.05) is 49.6 Å². The van der Waals surface area contributed by atoms with Crippen molar-refractivity contribution in [3.05, 3.63) is 24.9 Å². The largest absolute Gasteiger partial charge is 0.378 e. The molecule has 0 aliphatic carbocycles. The summed E-state index contributed by atoms with van der Waals surface area (Å²) in [5.74, 6) is 1.48. The summed E-state index contributed by atoms with van der Waals surface area (Å²) >= 11 is 0. The molecular formula is C14H21N7O3S. The Hall–Kier alpha value is -2.24. The van der Waals surface area contributed by atoms with Gasteiger partial charge in [-0.1, -0.05) is 0 Å². The smallest absolute Gasteiger partial charge is 0.259 e. The lowest BCUT2D eigenvalue weighted by molar-refractivity contribution is 0.122. The van der Waals surface area contributed by atoms with E-state index in [4.69, 9.17) is 4.74 Å². The second-order valence-electron chi connectivity index (χ2n) is 5.56. The molecule has 0 radical (unpaired) electrons. The Morgan fingerprint density at radius 2 is 2.00 bits per heavy atom. The summed E-state index contributed by atoms with van der Waals surface area (Å²) in [6.45, 7) is 3.56. The van der Waals surface area contributed by atoms with Gasteiger partial charge < -0.3 is 19.5 Å². The van der Waals surface area contributed by atoms with E-state index in [1.54, 1.807) is 11.6 Å². The van der Waals surface area contributed by atoms with Crippen LogP contribution in [0.3, 0.4) is 0 Å². The van der Waals surface area contributed by atoms with Crippen LogP contribution in [-0.4, -0.2) is 67.3 Å². The van der Waals surface area contributed by atoms with Gasteiger partial charge in [0.25, 0.3) is 10.0 Å². The van der Waals surface area contributed by atoms with Gasteiger partial charge in [0.2, 0.25) is 0 Å². The quantitative estimate of drug-likeness (QED) is 0.626. The van der Waals surface area contributed by atoms with Crippen molar-refractivity contribution in [2.24, 2.45) is 7.05 Å². The highest BCUT2D eigenvalue weighted by molar-refractivity contribution is 7.89. The number of ether oxygens (including phenoxy) is 1. The first-order valence-corrected chi connectivity index (χ1v) is 9.39. The maximum absolute atomic E-state index is 12.1. The van der Waals surface area contributed by atoms with Gasteiger partial charge in [-0.2, -0.15) is 0 Å². The number of hydrogen-bond donors (Lipinski definition) is 2. The van der Waals surface area contributed by atoms with E-state index in [0.717, 1.165) is 18.9 Å². The van der Waals surface area contributed by atoms with Gasteiger partial charge in [0.05, 0.1) is 19.5 Å². The molecule has 0 atom stereocenters. The molecule has 0 saturated carbocycles. The van der Waals surface area contributed by atoms with Crippen molar-refractivity contribution < 1.29 is 13.2 Å². The van der Waals surface area contributed by atoms with Crippen LogP contribution in [0.4, 0.5) is 11.6 Å². The standard InChI is InChI=1S/C14H21N7O3S/c1-20-9-14(18-11-20)25(22,23)19-3-2-15-12-8-13(17-10-16-12)21-4-6-24-7-5-21/h8-11,19H,2-7H2,1H3,(H,15,16,17). The molecule has 1 saturated heterocycles. The fourth-order valence-corrected chi connectivity index (χ4v) is 3.40. The van der Waals surface area contributed by atoms with Crippen LogP contribution >= 0.6 is 0 Å². The Labute approximate surface area is 146 Å². The molecule has 1 aliphatic heterocycles. The number of hydrogen-bond acceptors (Lipinski definition) is 8. The first-order chi connectivity index (χ1) is 12.0. The molecule has 0 bridgehead atoms. The number of imidazole rings is 1. The van der Waals surface area contributed by atoms with E-state index in [-0.39, 0.29) is 11.6 Å². The van der Waals surface area contributed by atoms with E-state index in [1.807, 2.05) is 6.07 Å². The van der Waals surface area contributed by atoms with Gasteiger partial charge in [0, 0.05) is 45.5 Å². The Kier molecular flexibility index (Phi) is 5.46. The Balaban J connectivity index is 1.50. The average molecular weight is 367 g/mol. The van der Waals surface area contributed by atoms with Gasteiger partial charge in [-0.25, -0.2) is 28.1 Å². The van der Waals surface area contributed by atoms with Gasteiger partial charge in [-0.3, -0.25) is 0 Å². The molecule has 3 heterocycles. The average Bonchev–Trinajstić information content (AvgIpc) is 3.07. The van der Waals surface area contributed by atoms with Crippen molar-refractivity contribution in [3.8, 4) is 0 Å². The third-order valence-electron chi connectivity index (χ3n) is 3.67. The highest BCUT2D eigenvalue weighted by Gasteiger charge is 2.16. The zero-order valence-electron chi connectivity index (χ0n) is 13.9. The molecule has 0 spiro atoms. The zero-order valence-corrected chi connectivity index (χ0v) is 14.7. The molecule has 2 aromatic heterocycles. The minimum Gasteiger partial charge on any atom is -0.378 e. The highest BCUT2D eigenvalue weighted by Crippen LogP contribution is 2.15. The molecule has 10 nitrogen and oxygen atoms in total. The molecule has 0 amide bonds. The van der Waals surface area contributed by atoms with Crippen molar-refractivity contribution in [1.29, 1.82) is 0 Å². The third kappa shape index (κ3) is 4.65. The van der Waals surface area contributed by atoms with Crippen molar-refractivity contribution >= 4 is 21.7 Å². The second kappa shape index (κ2) is 7.76. The van der Waals surface area contributed by atoms with Crippen molar-refractivity contribution in [1.82, 2.24) is 24.2 Å². The van der Waals surface area contributed by atoms with Crippen LogP contribution in [0.15, 0.2) is 29.9 Å². The number of aryl methyl sites for hydroxylation is 1. The van der Waals surface area contributed by atoms with Crippen LogP contribution in [-0.2, 0) is 21.8 Å². The fourth-order valence-electron chi connectivity index (χ4n) is 2.39. The summed E-state index contributed by atoms with van der Waals surface area (Å²) in [5.41, 5.74) is 0. The molecule has 0 unspecified atom stereocenters. The summed E-state index contributed by atoms with van der Waals surface area (Å²) in [6.07, 6.45) is 4.39. The van der Waals surface area contributed by atoms with Gasteiger partial charge in [0.15, 0.2) is 5.03 Å². The molecule has 1 fully saturated rings. The van der Waals surface area contributed by atoms with Crippen LogP contribution in [0.5, 0.6) is 0 Å². The molecule has 25 heavy (non-hydrogen) atoms. The second-order valence-corrected chi connectivity index (χ2v) is 7.28. The van der Waals surface area contributed by atoms with E-state index < -0.39 is 10.0 Å². The summed E-state index contributed by atoms with van der Waals surface area (Å²) in [4.78, 5) is 14.4. The van der Waals surface area contributed by atoms with Crippen LogP contribution in [0, 0.1) is 0 Å². The summed E-state index contributed by atoms with van der Waals surface area (Å²) in [5, 5.41) is 3.10. The number of anilines is 2.